The van der Waals surface area contributed by atoms with Gasteiger partial charge in [0, 0.05) is 23.5 Å². The molecule has 0 aliphatic rings. The van der Waals surface area contributed by atoms with Crippen molar-refractivity contribution in [3.05, 3.63) is 40.2 Å². The summed E-state index contributed by atoms with van der Waals surface area (Å²) in [5.74, 6) is 0.337. The van der Waals surface area contributed by atoms with Crippen molar-refractivity contribution in [1.82, 2.24) is 4.98 Å². The van der Waals surface area contributed by atoms with Gasteiger partial charge in [0.15, 0.2) is 0 Å². The maximum atomic E-state index is 8.96. The molecule has 0 radical (unpaired) electrons. The predicted octanol–water partition coefficient (Wildman–Crippen LogP) is 3.86. The zero-order valence-electron chi connectivity index (χ0n) is 10.9. The fourth-order valence-corrected chi connectivity index (χ4v) is 2.80. The maximum absolute atomic E-state index is 8.96. The Balaban J connectivity index is 2.18. The summed E-state index contributed by atoms with van der Waals surface area (Å²) in [7, 11) is 0. The maximum Gasteiger partial charge on any atom is 0.0961 e. The molecule has 2 rings (SSSR count). The summed E-state index contributed by atoms with van der Waals surface area (Å²) in [5, 5.41) is 12.2. The summed E-state index contributed by atoms with van der Waals surface area (Å²) < 4.78 is 0. The van der Waals surface area contributed by atoms with E-state index in [9.17, 15) is 0 Å². The van der Waals surface area contributed by atoms with E-state index in [-0.39, 0.29) is 6.61 Å². The average molecular weight is 261 g/mol. The lowest BCUT2D eigenvalue weighted by Gasteiger charge is -2.04. The van der Waals surface area contributed by atoms with Gasteiger partial charge in [-0.25, -0.2) is 4.98 Å². The SMILES string of the molecule is CCc1ccc(-c2csc(C(C)CCO)n2)cc1. The molecule has 0 aliphatic heterocycles. The summed E-state index contributed by atoms with van der Waals surface area (Å²) in [6, 6.07) is 8.58. The van der Waals surface area contributed by atoms with E-state index in [1.165, 1.54) is 11.1 Å². The van der Waals surface area contributed by atoms with Gasteiger partial charge in [-0.3, -0.25) is 0 Å². The first-order chi connectivity index (χ1) is 8.74. The number of thiazole rings is 1. The number of aromatic nitrogens is 1. The fraction of sp³-hybridized carbons (Fsp3) is 0.400. The number of hydrogen-bond acceptors (Lipinski definition) is 3. The lowest BCUT2D eigenvalue weighted by atomic mass is 10.1. The van der Waals surface area contributed by atoms with Crippen LogP contribution in [0, 0.1) is 0 Å². The minimum absolute atomic E-state index is 0.223. The van der Waals surface area contributed by atoms with Gasteiger partial charge in [0.1, 0.15) is 0 Å². The third-order valence-corrected chi connectivity index (χ3v) is 4.24. The first-order valence-electron chi connectivity index (χ1n) is 6.40. The molecular weight excluding hydrogens is 242 g/mol. The zero-order valence-corrected chi connectivity index (χ0v) is 11.7. The molecule has 1 atom stereocenters. The Kier molecular flexibility index (Phi) is 4.50. The molecular formula is C15H19NOS. The number of hydrogen-bond donors (Lipinski definition) is 1. The molecule has 2 aromatic rings. The van der Waals surface area contributed by atoms with Crippen molar-refractivity contribution in [1.29, 1.82) is 0 Å². The van der Waals surface area contributed by atoms with Gasteiger partial charge in [0.25, 0.3) is 0 Å². The van der Waals surface area contributed by atoms with Crippen LogP contribution in [-0.2, 0) is 6.42 Å². The summed E-state index contributed by atoms with van der Waals surface area (Å²) >= 11 is 1.68. The number of benzene rings is 1. The van der Waals surface area contributed by atoms with Crippen molar-refractivity contribution in [3.63, 3.8) is 0 Å². The van der Waals surface area contributed by atoms with Gasteiger partial charge in [-0.15, -0.1) is 11.3 Å². The van der Waals surface area contributed by atoms with Crippen molar-refractivity contribution in [2.45, 2.75) is 32.6 Å². The van der Waals surface area contributed by atoms with E-state index in [1.54, 1.807) is 11.3 Å². The van der Waals surface area contributed by atoms with Crippen molar-refractivity contribution < 1.29 is 5.11 Å². The van der Waals surface area contributed by atoms with Crippen LogP contribution >= 0.6 is 11.3 Å². The molecule has 3 heteroatoms. The molecule has 0 aliphatic carbocycles. The van der Waals surface area contributed by atoms with Gasteiger partial charge in [-0.1, -0.05) is 38.1 Å². The van der Waals surface area contributed by atoms with Crippen LogP contribution in [0.4, 0.5) is 0 Å². The van der Waals surface area contributed by atoms with Crippen molar-refractivity contribution in [2.75, 3.05) is 6.61 Å². The molecule has 0 bridgehead atoms. The fourth-order valence-electron chi connectivity index (χ4n) is 1.87. The Labute approximate surface area is 112 Å². The summed E-state index contributed by atoms with van der Waals surface area (Å²) in [6.45, 7) is 4.49. The second kappa shape index (κ2) is 6.12. The van der Waals surface area contributed by atoms with Gasteiger partial charge in [0.2, 0.25) is 0 Å². The number of aliphatic hydroxyl groups is 1. The normalized spacial score (nSPS) is 12.6. The molecule has 0 fully saturated rings. The van der Waals surface area contributed by atoms with E-state index in [0.717, 1.165) is 23.5 Å². The van der Waals surface area contributed by atoms with Crippen LogP contribution in [0.15, 0.2) is 29.6 Å². The van der Waals surface area contributed by atoms with E-state index >= 15 is 0 Å². The van der Waals surface area contributed by atoms with E-state index in [4.69, 9.17) is 5.11 Å². The summed E-state index contributed by atoms with van der Waals surface area (Å²) in [6.07, 6.45) is 1.85. The molecule has 0 spiro atoms. The predicted molar refractivity (Wildman–Crippen MR) is 77.0 cm³/mol. The van der Waals surface area contributed by atoms with Crippen LogP contribution in [0.3, 0.4) is 0 Å². The highest BCUT2D eigenvalue weighted by atomic mass is 32.1. The Morgan fingerprint density at radius 2 is 2.00 bits per heavy atom. The minimum atomic E-state index is 0.223. The molecule has 0 saturated carbocycles. The van der Waals surface area contributed by atoms with E-state index in [2.05, 4.69) is 48.5 Å². The van der Waals surface area contributed by atoms with Gasteiger partial charge in [0.05, 0.1) is 10.7 Å². The highest BCUT2D eigenvalue weighted by Crippen LogP contribution is 2.28. The largest absolute Gasteiger partial charge is 0.396 e. The van der Waals surface area contributed by atoms with Gasteiger partial charge in [-0.05, 0) is 18.4 Å². The van der Waals surface area contributed by atoms with Gasteiger partial charge < -0.3 is 5.11 Å². The van der Waals surface area contributed by atoms with Crippen LogP contribution < -0.4 is 0 Å². The molecule has 96 valence electrons. The van der Waals surface area contributed by atoms with Crippen LogP contribution in [0.25, 0.3) is 11.3 Å². The second-order valence-electron chi connectivity index (χ2n) is 4.53. The summed E-state index contributed by atoms with van der Waals surface area (Å²) in [4.78, 5) is 4.66. The van der Waals surface area contributed by atoms with Crippen molar-refractivity contribution in [2.24, 2.45) is 0 Å². The molecule has 18 heavy (non-hydrogen) atoms. The Morgan fingerprint density at radius 1 is 1.28 bits per heavy atom. The third kappa shape index (κ3) is 2.98. The third-order valence-electron chi connectivity index (χ3n) is 3.16. The molecule has 1 N–H and O–H groups in total. The van der Waals surface area contributed by atoms with Crippen molar-refractivity contribution in [3.8, 4) is 11.3 Å². The standard InChI is InChI=1S/C15H19NOS/c1-3-12-4-6-13(7-5-12)14-10-18-15(16-14)11(2)8-9-17/h4-7,10-11,17H,3,8-9H2,1-2H3. The lowest BCUT2D eigenvalue weighted by Crippen LogP contribution is -1.95. The highest BCUT2D eigenvalue weighted by Gasteiger charge is 2.10. The molecule has 0 amide bonds. The van der Waals surface area contributed by atoms with E-state index < -0.39 is 0 Å². The molecule has 0 saturated heterocycles. The average Bonchev–Trinajstić information content (AvgIpc) is 2.89. The van der Waals surface area contributed by atoms with E-state index in [0.29, 0.717) is 5.92 Å². The Bertz CT molecular complexity index is 489. The minimum Gasteiger partial charge on any atom is -0.396 e. The number of rotatable bonds is 5. The van der Waals surface area contributed by atoms with Gasteiger partial charge >= 0.3 is 0 Å². The Hall–Kier alpha value is -1.19. The quantitative estimate of drug-likeness (QED) is 0.886. The van der Waals surface area contributed by atoms with Crippen LogP contribution in [0.2, 0.25) is 0 Å². The topological polar surface area (TPSA) is 33.1 Å². The molecule has 1 aromatic carbocycles. The van der Waals surface area contributed by atoms with Crippen LogP contribution in [0.5, 0.6) is 0 Å². The first kappa shape index (κ1) is 13.2. The van der Waals surface area contributed by atoms with Crippen LogP contribution in [0.1, 0.15) is 36.8 Å². The first-order valence-corrected chi connectivity index (χ1v) is 7.28. The smallest absolute Gasteiger partial charge is 0.0961 e. The highest BCUT2D eigenvalue weighted by molar-refractivity contribution is 7.10. The number of aryl methyl sites for hydroxylation is 1. The zero-order chi connectivity index (χ0) is 13.0. The molecule has 1 unspecified atom stereocenters. The van der Waals surface area contributed by atoms with Crippen LogP contribution in [-0.4, -0.2) is 16.7 Å². The molecule has 1 aromatic heterocycles. The Morgan fingerprint density at radius 3 is 2.61 bits per heavy atom. The van der Waals surface area contributed by atoms with Gasteiger partial charge in [-0.2, -0.15) is 0 Å². The molecule has 2 nitrogen and oxygen atoms in total. The number of aliphatic hydroxyl groups excluding tert-OH is 1. The van der Waals surface area contributed by atoms with Crippen molar-refractivity contribution >= 4 is 11.3 Å². The monoisotopic (exact) mass is 261 g/mol. The lowest BCUT2D eigenvalue weighted by molar-refractivity contribution is 0.278. The molecule has 1 heterocycles. The second-order valence-corrected chi connectivity index (χ2v) is 5.42. The summed E-state index contributed by atoms with van der Waals surface area (Å²) in [5.41, 5.74) is 3.57. The number of nitrogens with zero attached hydrogens (tertiary/aromatic N) is 1. The van der Waals surface area contributed by atoms with E-state index in [1.807, 2.05) is 0 Å².